The highest BCUT2D eigenvalue weighted by molar-refractivity contribution is 6.00. The number of Topliss-reactive ketones (excluding diaryl/α,β-unsaturated/α-hetero) is 1. The van der Waals surface area contributed by atoms with E-state index >= 15 is 0 Å². The van der Waals surface area contributed by atoms with Crippen molar-refractivity contribution in [2.45, 2.75) is 6.92 Å². The van der Waals surface area contributed by atoms with E-state index in [0.717, 1.165) is 0 Å². The van der Waals surface area contributed by atoms with E-state index in [4.69, 9.17) is 9.47 Å². The molecule has 0 saturated heterocycles. The summed E-state index contributed by atoms with van der Waals surface area (Å²) in [6.45, 7) is 3.99. The van der Waals surface area contributed by atoms with E-state index < -0.39 is 5.82 Å². The number of carbonyl (C=O) groups is 1. The molecule has 0 saturated carbocycles. The van der Waals surface area contributed by atoms with Crippen molar-refractivity contribution in [3.63, 3.8) is 0 Å². The molecule has 1 aromatic rings. The molecule has 0 radical (unpaired) electrons. The molecule has 1 rings (SSSR count). The van der Waals surface area contributed by atoms with Crippen molar-refractivity contribution < 1.29 is 18.7 Å². The van der Waals surface area contributed by atoms with Crippen molar-refractivity contribution in [3.8, 4) is 5.75 Å². The summed E-state index contributed by atoms with van der Waals surface area (Å²) in [7, 11) is 3.28. The molecule has 1 aromatic carbocycles. The van der Waals surface area contributed by atoms with Crippen molar-refractivity contribution in [1.82, 2.24) is 4.90 Å². The van der Waals surface area contributed by atoms with Crippen LogP contribution in [0.2, 0.25) is 0 Å². The summed E-state index contributed by atoms with van der Waals surface area (Å²) in [6, 6.07) is 3.94. The highest BCUT2D eigenvalue weighted by Gasteiger charge is 2.15. The molecule has 0 fully saturated rings. The zero-order valence-corrected chi connectivity index (χ0v) is 11.6. The molecule has 0 aliphatic carbocycles. The first-order chi connectivity index (χ1) is 9.08. The lowest BCUT2D eigenvalue weighted by Crippen LogP contribution is -2.29. The van der Waals surface area contributed by atoms with E-state index in [1.165, 1.54) is 25.3 Å². The number of rotatable bonds is 8. The number of ether oxygens (including phenoxy) is 2. The summed E-state index contributed by atoms with van der Waals surface area (Å²) in [6.07, 6.45) is 0. The monoisotopic (exact) mass is 269 g/mol. The molecule has 0 heterocycles. The summed E-state index contributed by atoms with van der Waals surface area (Å²) < 4.78 is 23.5. The molecule has 0 aliphatic heterocycles. The van der Waals surface area contributed by atoms with E-state index in [2.05, 4.69) is 0 Å². The Hall–Kier alpha value is -1.46. The smallest absolute Gasteiger partial charge is 0.180 e. The maximum atomic E-state index is 13.2. The van der Waals surface area contributed by atoms with Gasteiger partial charge in [0.05, 0.1) is 25.8 Å². The van der Waals surface area contributed by atoms with Crippen LogP contribution in [0.4, 0.5) is 4.39 Å². The van der Waals surface area contributed by atoms with E-state index in [1.54, 1.807) is 0 Å². The van der Waals surface area contributed by atoms with Gasteiger partial charge in [0.1, 0.15) is 11.6 Å². The molecular formula is C14H20FNO3. The van der Waals surface area contributed by atoms with Crippen LogP contribution in [0.15, 0.2) is 18.2 Å². The highest BCUT2D eigenvalue weighted by Crippen LogP contribution is 2.20. The third-order valence-corrected chi connectivity index (χ3v) is 2.70. The molecular weight excluding hydrogens is 249 g/mol. The maximum absolute atomic E-state index is 13.2. The molecule has 0 N–H and O–H groups in total. The molecule has 0 unspecified atom stereocenters. The number of likely N-dealkylation sites (N-methyl/N-ethyl adjacent to an activating group) is 1. The predicted molar refractivity (Wildman–Crippen MR) is 71.3 cm³/mol. The van der Waals surface area contributed by atoms with Crippen LogP contribution in [-0.2, 0) is 4.74 Å². The van der Waals surface area contributed by atoms with E-state index in [9.17, 15) is 9.18 Å². The lowest BCUT2D eigenvalue weighted by atomic mass is 10.1. The van der Waals surface area contributed by atoms with Crippen LogP contribution in [0.25, 0.3) is 0 Å². The minimum absolute atomic E-state index is 0.171. The second kappa shape index (κ2) is 7.86. The number of benzene rings is 1. The van der Waals surface area contributed by atoms with Crippen molar-refractivity contribution in [2.75, 3.05) is 40.5 Å². The first kappa shape index (κ1) is 15.6. The van der Waals surface area contributed by atoms with Crippen molar-refractivity contribution in [3.05, 3.63) is 29.6 Å². The van der Waals surface area contributed by atoms with Crippen molar-refractivity contribution >= 4 is 5.78 Å². The van der Waals surface area contributed by atoms with Crippen LogP contribution in [0.1, 0.15) is 17.3 Å². The van der Waals surface area contributed by atoms with Gasteiger partial charge in [-0.1, -0.05) is 0 Å². The van der Waals surface area contributed by atoms with Gasteiger partial charge < -0.3 is 9.47 Å². The Balaban J connectivity index is 2.64. The standard InChI is InChI=1S/C14H20FNO3/c1-4-19-8-7-16(2)10-13(17)12-9-11(15)5-6-14(12)18-3/h5-6,9H,4,7-8,10H2,1-3H3. The summed E-state index contributed by atoms with van der Waals surface area (Å²) in [4.78, 5) is 13.9. The van der Waals surface area contributed by atoms with Gasteiger partial charge in [-0.15, -0.1) is 0 Å². The van der Waals surface area contributed by atoms with Gasteiger partial charge in [0, 0.05) is 13.2 Å². The van der Waals surface area contributed by atoms with Gasteiger partial charge in [-0.25, -0.2) is 4.39 Å². The SMILES string of the molecule is CCOCCN(C)CC(=O)c1cc(F)ccc1OC. The van der Waals surface area contributed by atoms with Crippen LogP contribution in [0.5, 0.6) is 5.75 Å². The number of carbonyl (C=O) groups excluding carboxylic acids is 1. The fourth-order valence-corrected chi connectivity index (χ4v) is 1.67. The predicted octanol–water partition coefficient (Wildman–Crippen LogP) is 1.99. The Kier molecular flexibility index (Phi) is 6.45. The highest BCUT2D eigenvalue weighted by atomic mass is 19.1. The van der Waals surface area contributed by atoms with E-state index in [0.29, 0.717) is 25.5 Å². The topological polar surface area (TPSA) is 38.8 Å². The lowest BCUT2D eigenvalue weighted by molar-refractivity contribution is 0.0893. The van der Waals surface area contributed by atoms with Crippen LogP contribution in [0, 0.1) is 5.82 Å². The molecule has 0 spiro atoms. The second-order valence-corrected chi connectivity index (χ2v) is 4.20. The minimum atomic E-state index is -0.443. The molecule has 0 bridgehead atoms. The first-order valence-corrected chi connectivity index (χ1v) is 6.21. The number of hydrogen-bond donors (Lipinski definition) is 0. The molecule has 0 aromatic heterocycles. The molecule has 0 aliphatic rings. The molecule has 19 heavy (non-hydrogen) atoms. The van der Waals surface area contributed by atoms with Gasteiger partial charge in [-0.3, -0.25) is 9.69 Å². The molecule has 0 amide bonds. The van der Waals surface area contributed by atoms with E-state index in [-0.39, 0.29) is 17.9 Å². The van der Waals surface area contributed by atoms with Gasteiger partial charge in [0.2, 0.25) is 0 Å². The van der Waals surface area contributed by atoms with Crippen molar-refractivity contribution in [1.29, 1.82) is 0 Å². The summed E-state index contributed by atoms with van der Waals surface area (Å²) >= 11 is 0. The average Bonchev–Trinajstić information content (AvgIpc) is 2.39. The van der Waals surface area contributed by atoms with Crippen LogP contribution < -0.4 is 4.74 Å². The maximum Gasteiger partial charge on any atom is 0.180 e. The number of ketones is 1. The van der Waals surface area contributed by atoms with Gasteiger partial charge in [-0.05, 0) is 32.2 Å². The Bertz CT molecular complexity index is 423. The van der Waals surface area contributed by atoms with Crippen LogP contribution >= 0.6 is 0 Å². The minimum Gasteiger partial charge on any atom is -0.496 e. The number of hydrogen-bond acceptors (Lipinski definition) is 4. The first-order valence-electron chi connectivity index (χ1n) is 6.21. The average molecular weight is 269 g/mol. The lowest BCUT2D eigenvalue weighted by Gasteiger charge is -2.16. The quantitative estimate of drug-likeness (QED) is 0.534. The van der Waals surface area contributed by atoms with Gasteiger partial charge in [-0.2, -0.15) is 0 Å². The van der Waals surface area contributed by atoms with Gasteiger partial charge >= 0.3 is 0 Å². The fourth-order valence-electron chi connectivity index (χ4n) is 1.67. The number of methoxy groups -OCH3 is 1. The molecule has 5 heteroatoms. The summed E-state index contributed by atoms with van der Waals surface area (Å²) in [5.74, 6) is -0.221. The second-order valence-electron chi connectivity index (χ2n) is 4.20. The Morgan fingerprint density at radius 1 is 1.42 bits per heavy atom. The van der Waals surface area contributed by atoms with Gasteiger partial charge in [0.15, 0.2) is 5.78 Å². The fraction of sp³-hybridized carbons (Fsp3) is 0.500. The Morgan fingerprint density at radius 2 is 2.16 bits per heavy atom. The largest absolute Gasteiger partial charge is 0.496 e. The van der Waals surface area contributed by atoms with Crippen molar-refractivity contribution in [2.24, 2.45) is 0 Å². The normalized spacial score (nSPS) is 10.8. The zero-order chi connectivity index (χ0) is 14.3. The molecule has 106 valence electrons. The van der Waals surface area contributed by atoms with Crippen LogP contribution in [0.3, 0.4) is 0 Å². The molecule has 4 nitrogen and oxygen atoms in total. The summed E-state index contributed by atoms with van der Waals surface area (Å²) in [5, 5.41) is 0. The van der Waals surface area contributed by atoms with E-state index in [1.807, 2.05) is 18.9 Å². The Morgan fingerprint density at radius 3 is 2.79 bits per heavy atom. The van der Waals surface area contributed by atoms with Crippen LogP contribution in [-0.4, -0.2) is 51.1 Å². The summed E-state index contributed by atoms with van der Waals surface area (Å²) in [5.41, 5.74) is 0.269. The third kappa shape index (κ3) is 4.96. The number of halogens is 1. The Labute approximate surface area is 113 Å². The zero-order valence-electron chi connectivity index (χ0n) is 11.6. The third-order valence-electron chi connectivity index (χ3n) is 2.70. The molecule has 0 atom stereocenters. The number of nitrogens with zero attached hydrogens (tertiary/aromatic N) is 1. The van der Waals surface area contributed by atoms with Gasteiger partial charge in [0.25, 0.3) is 0 Å².